The Morgan fingerprint density at radius 1 is 1.12 bits per heavy atom. The number of para-hydroxylation sites is 1. The van der Waals surface area contributed by atoms with E-state index in [1.807, 2.05) is 18.2 Å². The Morgan fingerprint density at radius 3 is 2.67 bits per heavy atom. The molecule has 0 fully saturated rings. The zero-order valence-corrected chi connectivity index (χ0v) is 13.4. The quantitative estimate of drug-likeness (QED) is 0.616. The van der Waals surface area contributed by atoms with Gasteiger partial charge in [0, 0.05) is 23.6 Å². The maximum Gasteiger partial charge on any atom is 0.265 e. The predicted octanol–water partition coefficient (Wildman–Crippen LogP) is 4.87. The third-order valence-corrected chi connectivity index (χ3v) is 3.76. The lowest BCUT2D eigenvalue weighted by atomic mass is 10.1. The van der Waals surface area contributed by atoms with Crippen LogP contribution in [-0.2, 0) is 4.74 Å². The van der Waals surface area contributed by atoms with Crippen LogP contribution in [0.2, 0.25) is 5.02 Å². The normalized spacial score (nSPS) is 11.2. The molecule has 2 aromatic carbocycles. The minimum atomic E-state index is -2.66. The highest BCUT2D eigenvalue weighted by Crippen LogP contribution is 2.33. The van der Waals surface area contributed by atoms with Gasteiger partial charge in [0.15, 0.2) is 6.79 Å². The van der Waals surface area contributed by atoms with E-state index in [0.717, 1.165) is 5.56 Å². The average Bonchev–Trinajstić information content (AvgIpc) is 2.59. The molecule has 0 amide bonds. The van der Waals surface area contributed by atoms with Crippen LogP contribution < -0.4 is 4.74 Å². The van der Waals surface area contributed by atoms with Crippen molar-refractivity contribution in [2.75, 3.05) is 13.9 Å². The summed E-state index contributed by atoms with van der Waals surface area (Å²) in [6.07, 6.45) is -2.66. The van der Waals surface area contributed by atoms with E-state index >= 15 is 0 Å². The Bertz CT molecular complexity index is 874. The number of halogens is 3. The SMILES string of the molecule is COCOc1ccccc1-c1cc2cc(Cl)c(C(F)F)cc2nn1. The van der Waals surface area contributed by atoms with Crippen LogP contribution in [-0.4, -0.2) is 24.1 Å². The molecule has 0 unspecified atom stereocenters. The molecular formula is C17H13ClF2N2O2. The number of ether oxygens (including phenoxy) is 2. The minimum absolute atomic E-state index is 0.000341. The van der Waals surface area contributed by atoms with E-state index in [-0.39, 0.29) is 17.4 Å². The number of aromatic nitrogens is 2. The first-order valence-electron chi connectivity index (χ1n) is 7.06. The highest BCUT2D eigenvalue weighted by molar-refractivity contribution is 6.32. The molecule has 0 bridgehead atoms. The second-order valence-corrected chi connectivity index (χ2v) is 5.42. The summed E-state index contributed by atoms with van der Waals surface area (Å²) in [6, 6.07) is 11.7. The fourth-order valence-corrected chi connectivity index (χ4v) is 2.56. The summed E-state index contributed by atoms with van der Waals surface area (Å²) >= 11 is 5.93. The molecule has 0 aliphatic heterocycles. The summed E-state index contributed by atoms with van der Waals surface area (Å²) in [5.74, 6) is 0.586. The van der Waals surface area contributed by atoms with Gasteiger partial charge >= 0.3 is 0 Å². The summed E-state index contributed by atoms with van der Waals surface area (Å²) in [5.41, 5.74) is 1.37. The van der Waals surface area contributed by atoms with E-state index < -0.39 is 6.43 Å². The summed E-state index contributed by atoms with van der Waals surface area (Å²) in [6.45, 7) is 0.0988. The van der Waals surface area contributed by atoms with Crippen LogP contribution in [0.1, 0.15) is 12.0 Å². The molecule has 0 radical (unpaired) electrons. The highest BCUT2D eigenvalue weighted by Gasteiger charge is 2.15. The van der Waals surface area contributed by atoms with Crippen molar-refractivity contribution in [1.82, 2.24) is 10.2 Å². The van der Waals surface area contributed by atoms with Crippen LogP contribution in [0.3, 0.4) is 0 Å². The third-order valence-electron chi connectivity index (χ3n) is 3.43. The van der Waals surface area contributed by atoms with Crippen molar-refractivity contribution in [2.24, 2.45) is 0 Å². The maximum absolute atomic E-state index is 12.9. The van der Waals surface area contributed by atoms with E-state index in [4.69, 9.17) is 21.1 Å². The van der Waals surface area contributed by atoms with Crippen molar-refractivity contribution in [1.29, 1.82) is 0 Å². The average molecular weight is 351 g/mol. The molecule has 24 heavy (non-hydrogen) atoms. The van der Waals surface area contributed by atoms with Gasteiger partial charge in [-0.25, -0.2) is 8.78 Å². The molecule has 124 valence electrons. The molecule has 1 aromatic heterocycles. The Kier molecular flexibility index (Phi) is 4.87. The number of alkyl halides is 2. The Labute approximate surface area is 142 Å². The van der Waals surface area contributed by atoms with Gasteiger partial charge in [-0.1, -0.05) is 23.7 Å². The molecule has 4 nitrogen and oxygen atoms in total. The molecule has 0 spiro atoms. The van der Waals surface area contributed by atoms with Crippen LogP contribution >= 0.6 is 11.6 Å². The molecule has 0 aliphatic rings. The summed E-state index contributed by atoms with van der Waals surface area (Å²) in [5, 5.41) is 8.77. The van der Waals surface area contributed by atoms with Crippen molar-refractivity contribution >= 4 is 22.5 Å². The first-order chi connectivity index (χ1) is 11.6. The van der Waals surface area contributed by atoms with Gasteiger partial charge in [0.25, 0.3) is 6.43 Å². The zero-order valence-electron chi connectivity index (χ0n) is 12.7. The van der Waals surface area contributed by atoms with Gasteiger partial charge < -0.3 is 9.47 Å². The molecule has 0 atom stereocenters. The minimum Gasteiger partial charge on any atom is -0.467 e. The summed E-state index contributed by atoms with van der Waals surface area (Å²) < 4.78 is 36.2. The Morgan fingerprint density at radius 2 is 1.92 bits per heavy atom. The van der Waals surface area contributed by atoms with Crippen molar-refractivity contribution in [3.63, 3.8) is 0 Å². The van der Waals surface area contributed by atoms with E-state index in [9.17, 15) is 8.78 Å². The monoisotopic (exact) mass is 350 g/mol. The van der Waals surface area contributed by atoms with Gasteiger partial charge in [0.05, 0.1) is 16.2 Å². The first kappa shape index (κ1) is 16.5. The molecule has 0 N–H and O–H groups in total. The standard InChI is InChI=1S/C17H13ClF2N2O2/c1-23-9-24-16-5-3-2-4-11(16)15-7-10-6-13(18)12(17(19)20)8-14(10)21-22-15/h2-8,17H,9H2,1H3. The Hall–Kier alpha value is -2.31. The predicted molar refractivity (Wildman–Crippen MR) is 87.4 cm³/mol. The van der Waals surface area contributed by atoms with Gasteiger partial charge in [0.1, 0.15) is 5.75 Å². The number of rotatable bonds is 5. The van der Waals surface area contributed by atoms with Crippen LogP contribution in [0, 0.1) is 0 Å². The van der Waals surface area contributed by atoms with Crippen LogP contribution in [0.4, 0.5) is 8.78 Å². The second-order valence-electron chi connectivity index (χ2n) is 5.01. The van der Waals surface area contributed by atoms with Crippen LogP contribution in [0.5, 0.6) is 5.75 Å². The van der Waals surface area contributed by atoms with Crippen molar-refractivity contribution in [3.8, 4) is 17.0 Å². The molecular weight excluding hydrogens is 338 g/mol. The van der Waals surface area contributed by atoms with Crippen LogP contribution in [0.15, 0.2) is 42.5 Å². The molecule has 0 saturated carbocycles. The molecule has 1 heterocycles. The van der Waals surface area contributed by atoms with E-state index in [2.05, 4.69) is 10.2 Å². The number of nitrogens with zero attached hydrogens (tertiary/aromatic N) is 2. The fourth-order valence-electron chi connectivity index (χ4n) is 2.30. The smallest absolute Gasteiger partial charge is 0.265 e. The lowest BCUT2D eigenvalue weighted by Gasteiger charge is -2.11. The van der Waals surface area contributed by atoms with E-state index in [1.54, 1.807) is 12.1 Å². The third kappa shape index (κ3) is 3.29. The molecule has 0 saturated heterocycles. The largest absolute Gasteiger partial charge is 0.467 e. The fraction of sp³-hybridized carbons (Fsp3) is 0.176. The van der Waals surface area contributed by atoms with Gasteiger partial charge in [-0.05, 0) is 30.3 Å². The van der Waals surface area contributed by atoms with Gasteiger partial charge in [-0.3, -0.25) is 0 Å². The molecule has 3 rings (SSSR count). The lowest BCUT2D eigenvalue weighted by Crippen LogP contribution is -2.01. The summed E-state index contributed by atoms with van der Waals surface area (Å²) in [4.78, 5) is 0. The maximum atomic E-state index is 12.9. The highest BCUT2D eigenvalue weighted by atomic mass is 35.5. The van der Waals surface area contributed by atoms with Gasteiger partial charge in [0.2, 0.25) is 0 Å². The first-order valence-corrected chi connectivity index (χ1v) is 7.44. The number of fused-ring (bicyclic) bond motifs is 1. The number of methoxy groups -OCH3 is 1. The number of benzene rings is 2. The van der Waals surface area contributed by atoms with Crippen LogP contribution in [0.25, 0.3) is 22.2 Å². The van der Waals surface area contributed by atoms with Crippen molar-refractivity contribution in [2.45, 2.75) is 6.43 Å². The lowest BCUT2D eigenvalue weighted by molar-refractivity contribution is 0.0515. The molecule has 3 aromatic rings. The van der Waals surface area contributed by atoms with E-state index in [1.165, 1.54) is 19.2 Å². The number of hydrogen-bond acceptors (Lipinski definition) is 4. The number of hydrogen-bond donors (Lipinski definition) is 0. The molecule has 7 heteroatoms. The van der Waals surface area contributed by atoms with Crippen molar-refractivity contribution < 1.29 is 18.3 Å². The zero-order chi connectivity index (χ0) is 17.1. The second kappa shape index (κ2) is 7.07. The van der Waals surface area contributed by atoms with E-state index in [0.29, 0.717) is 22.3 Å². The topological polar surface area (TPSA) is 44.2 Å². The van der Waals surface area contributed by atoms with Crippen molar-refractivity contribution in [3.05, 3.63) is 53.1 Å². The van der Waals surface area contributed by atoms with Gasteiger partial charge in [-0.2, -0.15) is 0 Å². The summed E-state index contributed by atoms with van der Waals surface area (Å²) in [7, 11) is 1.53. The Balaban J connectivity index is 2.07. The molecule has 0 aliphatic carbocycles. The van der Waals surface area contributed by atoms with Gasteiger partial charge in [-0.15, -0.1) is 10.2 Å².